The normalized spacial score (nSPS) is 13.4. The molecular formula is C19H21N3O3S2. The van der Waals surface area contributed by atoms with Gasteiger partial charge < -0.3 is 10.6 Å². The number of benzene rings is 2. The minimum Gasteiger partial charge on any atom is -0.332 e. The van der Waals surface area contributed by atoms with Gasteiger partial charge >= 0.3 is 0 Å². The Morgan fingerprint density at radius 2 is 1.78 bits per heavy atom. The van der Waals surface area contributed by atoms with E-state index in [1.165, 1.54) is 16.4 Å². The third-order valence-electron chi connectivity index (χ3n) is 4.31. The average Bonchev–Trinajstić information content (AvgIpc) is 3.07. The summed E-state index contributed by atoms with van der Waals surface area (Å²) in [6.07, 6.45) is 0.707. The van der Waals surface area contributed by atoms with Crippen LogP contribution in [-0.2, 0) is 21.2 Å². The van der Waals surface area contributed by atoms with Crippen molar-refractivity contribution in [1.82, 2.24) is 5.32 Å². The quantitative estimate of drug-likeness (QED) is 0.768. The number of amides is 1. The number of hydrogen-bond acceptors (Lipinski definition) is 4. The Hall–Kier alpha value is -2.45. The number of carbonyl (C=O) groups is 1. The van der Waals surface area contributed by atoms with Crippen LogP contribution in [0.4, 0.5) is 11.4 Å². The summed E-state index contributed by atoms with van der Waals surface area (Å²) >= 11 is 5.10. The first kappa shape index (κ1) is 19.3. The zero-order valence-corrected chi connectivity index (χ0v) is 16.7. The maximum atomic E-state index is 13.0. The molecule has 0 atom stereocenters. The van der Waals surface area contributed by atoms with E-state index in [0.717, 1.165) is 11.3 Å². The third kappa shape index (κ3) is 4.12. The van der Waals surface area contributed by atoms with Crippen molar-refractivity contribution in [1.29, 1.82) is 0 Å². The molecule has 2 aromatic rings. The molecule has 1 amide bonds. The van der Waals surface area contributed by atoms with Crippen molar-refractivity contribution in [3.05, 3.63) is 54.1 Å². The van der Waals surface area contributed by atoms with E-state index in [2.05, 4.69) is 10.6 Å². The lowest BCUT2D eigenvalue weighted by molar-refractivity contribution is -0.122. The van der Waals surface area contributed by atoms with E-state index in [-0.39, 0.29) is 21.8 Å². The number of hydrogen-bond donors (Lipinski definition) is 2. The molecule has 6 nitrogen and oxygen atoms in total. The van der Waals surface area contributed by atoms with Gasteiger partial charge in [0, 0.05) is 18.2 Å². The van der Waals surface area contributed by atoms with Crippen LogP contribution in [0.1, 0.15) is 19.4 Å². The Labute approximate surface area is 164 Å². The highest BCUT2D eigenvalue weighted by Gasteiger charge is 2.30. The van der Waals surface area contributed by atoms with Gasteiger partial charge in [-0.05, 0) is 54.5 Å². The van der Waals surface area contributed by atoms with Crippen LogP contribution in [-0.4, -0.2) is 26.0 Å². The molecule has 2 N–H and O–H groups in total. The summed E-state index contributed by atoms with van der Waals surface area (Å²) in [5, 5.41) is 5.64. The molecule has 0 spiro atoms. The first-order valence-corrected chi connectivity index (χ1v) is 10.5. The predicted octanol–water partition coefficient (Wildman–Crippen LogP) is 2.91. The van der Waals surface area contributed by atoms with Crippen LogP contribution in [0.25, 0.3) is 0 Å². The molecule has 1 aliphatic rings. The number of thiocarbonyl (C=S) groups is 1. The van der Waals surface area contributed by atoms with Gasteiger partial charge in [0.05, 0.1) is 10.6 Å². The summed E-state index contributed by atoms with van der Waals surface area (Å²) in [6, 6.07) is 13.8. The van der Waals surface area contributed by atoms with E-state index in [0.29, 0.717) is 18.7 Å². The van der Waals surface area contributed by atoms with Gasteiger partial charge in [-0.1, -0.05) is 32.0 Å². The highest BCUT2D eigenvalue weighted by Crippen LogP contribution is 2.32. The molecule has 0 unspecified atom stereocenters. The largest absolute Gasteiger partial charge is 0.332 e. The standard InChI is InChI=1S/C19H21N3O3S2/c1-13(2)18(23)21-19(26)20-15-7-9-16(10-8-15)27(24,25)22-12-11-14-5-3-4-6-17(14)22/h3-10,13H,11-12H2,1-2H3,(H2,20,21,23,26). The predicted molar refractivity (Wildman–Crippen MR) is 110 cm³/mol. The molecule has 8 heteroatoms. The second kappa shape index (κ2) is 7.66. The second-order valence-corrected chi connectivity index (χ2v) is 8.85. The van der Waals surface area contributed by atoms with Gasteiger partial charge in [0.2, 0.25) is 5.91 Å². The smallest absolute Gasteiger partial charge is 0.264 e. The summed E-state index contributed by atoms with van der Waals surface area (Å²) in [6.45, 7) is 3.98. The van der Waals surface area contributed by atoms with Crippen LogP contribution in [0.15, 0.2) is 53.4 Å². The van der Waals surface area contributed by atoms with E-state index in [1.54, 1.807) is 26.0 Å². The van der Waals surface area contributed by atoms with Crippen LogP contribution in [0, 0.1) is 5.92 Å². The molecule has 2 aromatic carbocycles. The van der Waals surface area contributed by atoms with Crippen LogP contribution in [0.2, 0.25) is 0 Å². The number of carbonyl (C=O) groups excluding carboxylic acids is 1. The lowest BCUT2D eigenvalue weighted by atomic mass is 10.2. The zero-order chi connectivity index (χ0) is 19.6. The van der Waals surface area contributed by atoms with E-state index >= 15 is 0 Å². The number of rotatable bonds is 4. The molecule has 0 saturated carbocycles. The molecule has 0 bridgehead atoms. The Morgan fingerprint density at radius 1 is 1.11 bits per heavy atom. The van der Waals surface area contributed by atoms with Crippen LogP contribution < -0.4 is 14.9 Å². The molecule has 0 aliphatic carbocycles. The maximum Gasteiger partial charge on any atom is 0.264 e. The van der Waals surface area contributed by atoms with Crippen LogP contribution >= 0.6 is 12.2 Å². The van der Waals surface area contributed by atoms with Crippen molar-refractivity contribution in [2.45, 2.75) is 25.2 Å². The Bertz CT molecular complexity index is 970. The number of nitrogens with one attached hydrogen (secondary N) is 2. The summed E-state index contributed by atoms with van der Waals surface area (Å²) in [7, 11) is -3.62. The Morgan fingerprint density at radius 3 is 2.44 bits per heavy atom. The monoisotopic (exact) mass is 403 g/mol. The minimum absolute atomic E-state index is 0.178. The topological polar surface area (TPSA) is 78.5 Å². The summed E-state index contributed by atoms with van der Waals surface area (Å²) < 4.78 is 27.4. The molecular weight excluding hydrogens is 382 g/mol. The van der Waals surface area contributed by atoms with Gasteiger partial charge in [0.15, 0.2) is 5.11 Å². The number of para-hydroxylation sites is 1. The highest BCUT2D eigenvalue weighted by atomic mass is 32.2. The van der Waals surface area contributed by atoms with Gasteiger partial charge in [0.25, 0.3) is 10.0 Å². The van der Waals surface area contributed by atoms with Crippen molar-refractivity contribution in [3.8, 4) is 0 Å². The molecule has 0 radical (unpaired) electrons. The Kier molecular flexibility index (Phi) is 5.48. The minimum atomic E-state index is -3.62. The van der Waals surface area contributed by atoms with Gasteiger partial charge in [-0.15, -0.1) is 0 Å². The van der Waals surface area contributed by atoms with Crippen molar-refractivity contribution in [3.63, 3.8) is 0 Å². The third-order valence-corrected chi connectivity index (χ3v) is 6.34. The molecule has 142 valence electrons. The summed E-state index contributed by atoms with van der Waals surface area (Å²) in [5.74, 6) is -0.361. The van der Waals surface area contributed by atoms with E-state index in [4.69, 9.17) is 12.2 Å². The number of fused-ring (bicyclic) bond motifs is 1. The lowest BCUT2D eigenvalue weighted by Crippen LogP contribution is -2.36. The molecule has 0 fully saturated rings. The average molecular weight is 404 g/mol. The second-order valence-electron chi connectivity index (χ2n) is 6.58. The first-order valence-electron chi connectivity index (χ1n) is 8.61. The molecule has 27 heavy (non-hydrogen) atoms. The van der Waals surface area contributed by atoms with Crippen molar-refractivity contribution < 1.29 is 13.2 Å². The molecule has 0 saturated heterocycles. The van der Waals surface area contributed by atoms with Gasteiger partial charge in [0.1, 0.15) is 0 Å². The molecule has 1 heterocycles. The molecule has 3 rings (SSSR count). The fourth-order valence-corrected chi connectivity index (χ4v) is 4.54. The van der Waals surface area contributed by atoms with Crippen LogP contribution in [0.5, 0.6) is 0 Å². The van der Waals surface area contributed by atoms with E-state index in [1.807, 2.05) is 24.3 Å². The number of sulfonamides is 1. The number of anilines is 2. The maximum absolute atomic E-state index is 13.0. The van der Waals surface area contributed by atoms with Crippen molar-refractivity contribution >= 4 is 44.6 Å². The van der Waals surface area contributed by atoms with Crippen molar-refractivity contribution in [2.75, 3.05) is 16.2 Å². The first-order chi connectivity index (χ1) is 12.8. The van der Waals surface area contributed by atoms with E-state index < -0.39 is 10.0 Å². The highest BCUT2D eigenvalue weighted by molar-refractivity contribution is 7.92. The fraction of sp³-hybridized carbons (Fsp3) is 0.263. The van der Waals surface area contributed by atoms with E-state index in [9.17, 15) is 13.2 Å². The van der Waals surface area contributed by atoms with Crippen LogP contribution in [0.3, 0.4) is 0 Å². The zero-order valence-electron chi connectivity index (χ0n) is 15.1. The van der Waals surface area contributed by atoms with Gasteiger partial charge in [-0.25, -0.2) is 8.42 Å². The Balaban J connectivity index is 1.74. The van der Waals surface area contributed by atoms with Gasteiger partial charge in [-0.3, -0.25) is 9.10 Å². The summed E-state index contributed by atoms with van der Waals surface area (Å²) in [5.41, 5.74) is 2.37. The number of nitrogens with zero attached hydrogens (tertiary/aromatic N) is 1. The van der Waals surface area contributed by atoms with Crippen molar-refractivity contribution in [2.24, 2.45) is 5.92 Å². The lowest BCUT2D eigenvalue weighted by Gasteiger charge is -2.20. The molecule has 0 aromatic heterocycles. The molecule has 1 aliphatic heterocycles. The van der Waals surface area contributed by atoms with Gasteiger partial charge in [-0.2, -0.15) is 0 Å². The summed E-state index contributed by atoms with van der Waals surface area (Å²) in [4.78, 5) is 11.9. The SMILES string of the molecule is CC(C)C(=O)NC(=S)Nc1ccc(S(=O)(=O)N2CCc3ccccc32)cc1. The fourth-order valence-electron chi connectivity index (χ4n) is 2.81.